The van der Waals surface area contributed by atoms with E-state index in [0.29, 0.717) is 18.4 Å². The SMILES string of the molecule is CC(C)(C)OC(=O)NN(CCCc1ccccc1)C(=O)NC(=O)c1ccccc1. The third-order valence-electron chi connectivity index (χ3n) is 3.82. The van der Waals surface area contributed by atoms with Crippen LogP contribution in [0.3, 0.4) is 0 Å². The lowest BCUT2D eigenvalue weighted by atomic mass is 10.1. The Labute approximate surface area is 171 Å². The zero-order valence-electron chi connectivity index (χ0n) is 17.0. The van der Waals surface area contributed by atoms with Crippen LogP contribution in [0.1, 0.15) is 43.1 Å². The molecule has 0 spiro atoms. The lowest BCUT2D eigenvalue weighted by molar-refractivity contribution is 0.0374. The predicted molar refractivity (Wildman–Crippen MR) is 110 cm³/mol. The molecule has 0 aliphatic rings. The van der Waals surface area contributed by atoms with E-state index in [9.17, 15) is 14.4 Å². The maximum atomic E-state index is 12.6. The first kappa shape index (κ1) is 21.9. The zero-order chi connectivity index (χ0) is 21.3. The summed E-state index contributed by atoms with van der Waals surface area (Å²) in [5, 5.41) is 3.36. The Morgan fingerprint density at radius 3 is 2.10 bits per heavy atom. The second-order valence-electron chi connectivity index (χ2n) is 7.48. The van der Waals surface area contributed by atoms with Gasteiger partial charge in [0.1, 0.15) is 5.60 Å². The number of urea groups is 1. The molecule has 0 saturated heterocycles. The van der Waals surface area contributed by atoms with Crippen molar-refractivity contribution in [1.29, 1.82) is 0 Å². The fraction of sp³-hybridized carbons (Fsp3) is 0.318. The summed E-state index contributed by atoms with van der Waals surface area (Å²) in [5.41, 5.74) is 3.18. The molecular formula is C22H27N3O4. The molecule has 0 aliphatic carbocycles. The number of carbonyl (C=O) groups is 3. The average Bonchev–Trinajstić information content (AvgIpc) is 2.67. The molecule has 0 bridgehead atoms. The molecule has 2 rings (SSSR count). The van der Waals surface area contributed by atoms with Crippen molar-refractivity contribution in [2.75, 3.05) is 6.54 Å². The van der Waals surface area contributed by atoms with Crippen LogP contribution in [0.4, 0.5) is 9.59 Å². The minimum absolute atomic E-state index is 0.210. The smallest absolute Gasteiger partial charge is 0.426 e. The zero-order valence-corrected chi connectivity index (χ0v) is 17.0. The van der Waals surface area contributed by atoms with E-state index in [4.69, 9.17) is 4.74 Å². The van der Waals surface area contributed by atoms with Gasteiger partial charge < -0.3 is 4.74 Å². The molecule has 0 aliphatic heterocycles. The molecule has 0 fully saturated rings. The van der Waals surface area contributed by atoms with E-state index in [1.807, 2.05) is 30.3 Å². The third kappa shape index (κ3) is 8.04. The van der Waals surface area contributed by atoms with Crippen LogP contribution in [-0.2, 0) is 11.2 Å². The van der Waals surface area contributed by atoms with Crippen LogP contribution in [0.25, 0.3) is 0 Å². The number of rotatable bonds is 5. The highest BCUT2D eigenvalue weighted by Crippen LogP contribution is 2.08. The molecule has 0 saturated carbocycles. The third-order valence-corrected chi connectivity index (χ3v) is 3.82. The second kappa shape index (κ2) is 10.3. The van der Waals surface area contributed by atoms with E-state index in [1.165, 1.54) is 0 Å². The summed E-state index contributed by atoms with van der Waals surface area (Å²) in [6, 6.07) is 17.5. The van der Waals surface area contributed by atoms with Crippen molar-refractivity contribution in [3.63, 3.8) is 0 Å². The largest absolute Gasteiger partial charge is 0.443 e. The van der Waals surface area contributed by atoms with Gasteiger partial charge in [-0.25, -0.2) is 20.0 Å². The monoisotopic (exact) mass is 397 g/mol. The fourth-order valence-corrected chi connectivity index (χ4v) is 2.53. The van der Waals surface area contributed by atoms with E-state index in [1.54, 1.807) is 51.1 Å². The number of nitrogens with zero attached hydrogens (tertiary/aromatic N) is 1. The molecule has 29 heavy (non-hydrogen) atoms. The summed E-state index contributed by atoms with van der Waals surface area (Å²) in [6.07, 6.45) is 0.541. The summed E-state index contributed by atoms with van der Waals surface area (Å²) < 4.78 is 5.22. The highest BCUT2D eigenvalue weighted by Gasteiger charge is 2.22. The first-order valence-corrected chi connectivity index (χ1v) is 9.46. The van der Waals surface area contributed by atoms with Crippen molar-refractivity contribution in [1.82, 2.24) is 15.8 Å². The maximum Gasteiger partial charge on any atom is 0.426 e. The molecule has 0 radical (unpaired) electrons. The van der Waals surface area contributed by atoms with Crippen LogP contribution in [-0.4, -0.2) is 35.2 Å². The van der Waals surface area contributed by atoms with E-state index >= 15 is 0 Å². The van der Waals surface area contributed by atoms with Crippen LogP contribution in [0.5, 0.6) is 0 Å². The average molecular weight is 397 g/mol. The van der Waals surface area contributed by atoms with Crippen molar-refractivity contribution < 1.29 is 19.1 Å². The van der Waals surface area contributed by atoms with Crippen molar-refractivity contribution in [3.05, 3.63) is 71.8 Å². The lowest BCUT2D eigenvalue weighted by Gasteiger charge is -2.26. The quantitative estimate of drug-likeness (QED) is 0.749. The molecule has 0 atom stereocenters. The molecule has 154 valence electrons. The lowest BCUT2D eigenvalue weighted by Crippen LogP contribution is -2.53. The number of benzene rings is 2. The molecule has 0 heterocycles. The summed E-state index contributed by atoms with van der Waals surface area (Å²) >= 11 is 0. The van der Waals surface area contributed by atoms with Crippen molar-refractivity contribution in [2.45, 2.75) is 39.2 Å². The number of amides is 4. The number of imide groups is 1. The van der Waals surface area contributed by atoms with Crippen molar-refractivity contribution in [2.24, 2.45) is 0 Å². The van der Waals surface area contributed by atoms with Crippen LogP contribution in [0, 0.1) is 0 Å². The molecule has 0 aromatic heterocycles. The molecule has 2 aromatic rings. The van der Waals surface area contributed by atoms with Gasteiger partial charge in [0, 0.05) is 12.1 Å². The molecule has 7 heteroatoms. The van der Waals surface area contributed by atoms with Crippen LogP contribution in [0.2, 0.25) is 0 Å². The Balaban J connectivity index is 2.00. The Morgan fingerprint density at radius 2 is 1.52 bits per heavy atom. The van der Waals surface area contributed by atoms with E-state index in [-0.39, 0.29) is 6.54 Å². The number of hydrazine groups is 1. The maximum absolute atomic E-state index is 12.6. The first-order chi connectivity index (χ1) is 13.7. The van der Waals surface area contributed by atoms with Gasteiger partial charge in [0.25, 0.3) is 5.91 Å². The van der Waals surface area contributed by atoms with Gasteiger partial charge in [-0.2, -0.15) is 0 Å². The highest BCUT2D eigenvalue weighted by molar-refractivity contribution is 6.04. The van der Waals surface area contributed by atoms with Crippen LogP contribution in [0.15, 0.2) is 60.7 Å². The van der Waals surface area contributed by atoms with Gasteiger partial charge >= 0.3 is 12.1 Å². The van der Waals surface area contributed by atoms with Crippen molar-refractivity contribution in [3.8, 4) is 0 Å². The van der Waals surface area contributed by atoms with E-state index < -0.39 is 23.6 Å². The predicted octanol–water partition coefficient (Wildman–Crippen LogP) is 3.91. The van der Waals surface area contributed by atoms with Crippen molar-refractivity contribution >= 4 is 18.0 Å². The Bertz CT molecular complexity index is 817. The topological polar surface area (TPSA) is 87.7 Å². The van der Waals surface area contributed by atoms with Crippen LogP contribution < -0.4 is 10.7 Å². The highest BCUT2D eigenvalue weighted by atomic mass is 16.6. The number of nitrogens with one attached hydrogen (secondary N) is 2. The van der Waals surface area contributed by atoms with Gasteiger partial charge in [0.2, 0.25) is 0 Å². The number of hydrogen-bond donors (Lipinski definition) is 2. The van der Waals surface area contributed by atoms with Crippen LogP contribution >= 0.6 is 0 Å². The Morgan fingerprint density at radius 1 is 0.931 bits per heavy atom. The Hall–Kier alpha value is -3.35. The van der Waals surface area contributed by atoms with Gasteiger partial charge in [0.15, 0.2) is 0 Å². The summed E-state index contributed by atoms with van der Waals surface area (Å²) in [6.45, 7) is 5.39. The molecule has 0 unspecified atom stereocenters. The summed E-state index contributed by atoms with van der Waals surface area (Å²) in [4.78, 5) is 37.0. The van der Waals surface area contributed by atoms with Gasteiger partial charge in [-0.15, -0.1) is 0 Å². The normalized spacial score (nSPS) is 10.7. The number of aryl methyl sites for hydroxylation is 1. The second-order valence-corrected chi connectivity index (χ2v) is 7.48. The first-order valence-electron chi connectivity index (χ1n) is 9.46. The fourth-order valence-electron chi connectivity index (χ4n) is 2.53. The van der Waals surface area contributed by atoms with Gasteiger partial charge in [-0.1, -0.05) is 48.5 Å². The molecule has 4 amide bonds. The summed E-state index contributed by atoms with van der Waals surface area (Å²) in [5.74, 6) is -0.547. The van der Waals surface area contributed by atoms with Gasteiger partial charge in [-0.3, -0.25) is 10.1 Å². The number of ether oxygens (including phenoxy) is 1. The summed E-state index contributed by atoms with van der Waals surface area (Å²) in [7, 11) is 0. The van der Waals surface area contributed by atoms with Gasteiger partial charge in [0.05, 0.1) is 0 Å². The van der Waals surface area contributed by atoms with Gasteiger partial charge in [-0.05, 0) is 51.3 Å². The Kier molecular flexibility index (Phi) is 7.77. The minimum atomic E-state index is -0.764. The standard InChI is InChI=1S/C22H27N3O4/c1-22(2,3)29-21(28)24-25(16-10-13-17-11-6-4-7-12-17)20(27)23-19(26)18-14-8-5-9-15-18/h4-9,11-12,14-15H,10,13,16H2,1-3H3,(H,24,28)(H,23,26,27). The molecular weight excluding hydrogens is 370 g/mol. The minimum Gasteiger partial charge on any atom is -0.443 e. The molecule has 2 N–H and O–H groups in total. The molecule has 7 nitrogen and oxygen atoms in total. The number of carbonyl (C=O) groups excluding carboxylic acids is 3. The number of hydrogen-bond acceptors (Lipinski definition) is 4. The van der Waals surface area contributed by atoms with E-state index in [2.05, 4.69) is 10.7 Å². The van der Waals surface area contributed by atoms with E-state index in [0.717, 1.165) is 10.6 Å². The molecule has 2 aromatic carbocycles.